The molecule has 1 aromatic carbocycles. The van der Waals surface area contributed by atoms with E-state index in [1.165, 1.54) is 9.75 Å². The second-order valence-corrected chi connectivity index (χ2v) is 8.64. The molecule has 0 atom stereocenters. The summed E-state index contributed by atoms with van der Waals surface area (Å²) in [4.78, 5) is 17.6. The van der Waals surface area contributed by atoms with E-state index >= 15 is 0 Å². The molecule has 0 bridgehead atoms. The zero-order valence-corrected chi connectivity index (χ0v) is 16.7. The van der Waals surface area contributed by atoms with E-state index in [1.807, 2.05) is 24.5 Å². The number of aliphatic hydroxyl groups excluding tert-OH is 1. The van der Waals surface area contributed by atoms with E-state index in [0.717, 1.165) is 47.3 Å². The van der Waals surface area contributed by atoms with Crippen LogP contribution < -0.4 is 5.56 Å². The molecule has 1 fully saturated rings. The molecule has 0 aliphatic carbocycles. The summed E-state index contributed by atoms with van der Waals surface area (Å²) < 4.78 is 1.82. The van der Waals surface area contributed by atoms with E-state index < -0.39 is 0 Å². The molecule has 0 radical (unpaired) electrons. The highest BCUT2D eigenvalue weighted by atomic mass is 32.1. The van der Waals surface area contributed by atoms with Crippen LogP contribution in [-0.2, 0) is 13.1 Å². The van der Waals surface area contributed by atoms with Crippen molar-refractivity contribution in [1.82, 2.24) is 19.7 Å². The van der Waals surface area contributed by atoms with Gasteiger partial charge in [-0.15, -0.1) is 11.3 Å². The molecule has 2 N–H and O–H groups in total. The van der Waals surface area contributed by atoms with Crippen molar-refractivity contribution in [3.63, 3.8) is 0 Å². The Morgan fingerprint density at radius 1 is 1.29 bits per heavy atom. The van der Waals surface area contributed by atoms with Gasteiger partial charge in [0.05, 0.1) is 17.0 Å². The number of aromatic nitrogens is 3. The number of hydrogen-bond acceptors (Lipinski definition) is 5. The Bertz CT molecular complexity index is 1250. The summed E-state index contributed by atoms with van der Waals surface area (Å²) in [5.41, 5.74) is 3.62. The molecule has 3 aromatic heterocycles. The predicted molar refractivity (Wildman–Crippen MR) is 113 cm³/mol. The van der Waals surface area contributed by atoms with Gasteiger partial charge in [0.15, 0.2) is 0 Å². The van der Waals surface area contributed by atoms with Gasteiger partial charge in [-0.3, -0.25) is 14.8 Å². The van der Waals surface area contributed by atoms with E-state index in [4.69, 9.17) is 0 Å². The third kappa shape index (κ3) is 2.70. The fraction of sp³-hybridized carbons (Fsp3) is 0.333. The van der Waals surface area contributed by atoms with Crippen molar-refractivity contribution in [1.29, 1.82) is 0 Å². The molecule has 28 heavy (non-hydrogen) atoms. The van der Waals surface area contributed by atoms with Crippen molar-refractivity contribution in [3.05, 3.63) is 51.3 Å². The lowest BCUT2D eigenvalue weighted by molar-refractivity contribution is -0.00228. The molecule has 6 nitrogen and oxygen atoms in total. The number of aryl methyl sites for hydroxylation is 2. The van der Waals surface area contributed by atoms with Gasteiger partial charge in [-0.1, -0.05) is 6.07 Å². The molecule has 0 unspecified atom stereocenters. The van der Waals surface area contributed by atoms with Crippen molar-refractivity contribution in [2.75, 3.05) is 13.1 Å². The van der Waals surface area contributed by atoms with Crippen molar-refractivity contribution in [3.8, 4) is 10.4 Å². The minimum Gasteiger partial charge on any atom is -0.390 e. The summed E-state index contributed by atoms with van der Waals surface area (Å²) in [6, 6.07) is 10.6. The molecular formula is C21H22N4O2S. The van der Waals surface area contributed by atoms with Crippen LogP contribution in [0.5, 0.6) is 0 Å². The number of likely N-dealkylation sites (tertiary alicyclic amines) is 1. The van der Waals surface area contributed by atoms with Crippen LogP contribution in [0.15, 0.2) is 35.1 Å². The molecule has 0 spiro atoms. The number of H-pyrrole nitrogens is 1. The lowest BCUT2D eigenvalue weighted by Crippen LogP contribution is -2.49. The molecule has 1 saturated heterocycles. The number of pyridine rings is 1. The lowest BCUT2D eigenvalue weighted by Gasteiger charge is -2.35. The number of β-amino-alcohol motifs (C(OH)–C–C–N with tert-alkyl or cyclic N) is 1. The van der Waals surface area contributed by atoms with Crippen molar-refractivity contribution in [2.24, 2.45) is 0 Å². The van der Waals surface area contributed by atoms with Gasteiger partial charge in [0.2, 0.25) is 0 Å². The maximum Gasteiger partial charge on any atom is 0.262 e. The Balaban J connectivity index is 1.60. The first-order chi connectivity index (χ1) is 13.5. The van der Waals surface area contributed by atoms with Crippen molar-refractivity contribution >= 4 is 33.1 Å². The van der Waals surface area contributed by atoms with Gasteiger partial charge in [0.1, 0.15) is 5.52 Å². The first-order valence-corrected chi connectivity index (χ1v) is 10.4. The standard InChI is InChI=1S/C21H22N4O2S/c1-3-25-17-6-4-13(8-16(17)20-19(21(25)27)12(2)22-23-20)18-7-5-15(28-18)11-24-9-14(26)10-24/h4-8,14,26H,3,9-11H2,1-2H3,(H,22,23). The van der Waals surface area contributed by atoms with Gasteiger partial charge < -0.3 is 9.67 Å². The summed E-state index contributed by atoms with van der Waals surface area (Å²) >= 11 is 1.78. The zero-order valence-electron chi connectivity index (χ0n) is 15.9. The zero-order chi connectivity index (χ0) is 19.4. The van der Waals surface area contributed by atoms with Crippen LogP contribution in [0.1, 0.15) is 17.5 Å². The molecule has 0 amide bonds. The Morgan fingerprint density at radius 3 is 2.86 bits per heavy atom. The number of fused-ring (bicyclic) bond motifs is 3. The van der Waals surface area contributed by atoms with Crippen LogP contribution in [0.25, 0.3) is 32.2 Å². The molecule has 4 heterocycles. The maximum absolute atomic E-state index is 12.9. The number of benzene rings is 1. The first kappa shape index (κ1) is 17.6. The highest BCUT2D eigenvalue weighted by Crippen LogP contribution is 2.33. The molecule has 144 valence electrons. The molecular weight excluding hydrogens is 372 g/mol. The van der Waals surface area contributed by atoms with E-state index in [1.54, 1.807) is 11.3 Å². The minimum absolute atomic E-state index is 0.0131. The monoisotopic (exact) mass is 394 g/mol. The van der Waals surface area contributed by atoms with Gasteiger partial charge in [-0.05, 0) is 43.7 Å². The van der Waals surface area contributed by atoms with Gasteiger partial charge in [0, 0.05) is 47.0 Å². The Morgan fingerprint density at radius 2 is 2.11 bits per heavy atom. The molecule has 1 aliphatic heterocycles. The van der Waals surface area contributed by atoms with Crippen LogP contribution >= 0.6 is 11.3 Å². The summed E-state index contributed by atoms with van der Waals surface area (Å²) in [6.07, 6.45) is -0.171. The third-order valence-corrected chi connectivity index (χ3v) is 6.65. The number of hydrogen-bond donors (Lipinski definition) is 2. The summed E-state index contributed by atoms with van der Waals surface area (Å²) in [5.74, 6) is 0. The second kappa shape index (κ2) is 6.55. The summed E-state index contributed by atoms with van der Waals surface area (Å²) in [6.45, 7) is 6.91. The number of nitrogens with zero attached hydrogens (tertiary/aromatic N) is 3. The maximum atomic E-state index is 12.9. The lowest BCUT2D eigenvalue weighted by atomic mass is 10.1. The second-order valence-electron chi connectivity index (χ2n) is 7.47. The topological polar surface area (TPSA) is 74.2 Å². The number of aromatic amines is 1. The molecule has 4 aromatic rings. The fourth-order valence-electron chi connectivity index (χ4n) is 4.07. The Hall–Kier alpha value is -2.48. The molecule has 5 rings (SSSR count). The number of thiophene rings is 1. The van der Waals surface area contributed by atoms with Crippen LogP contribution in [-0.4, -0.2) is 44.0 Å². The average molecular weight is 395 g/mol. The fourth-order valence-corrected chi connectivity index (χ4v) is 5.12. The molecule has 1 aliphatic rings. The van der Waals surface area contributed by atoms with E-state index in [2.05, 4.69) is 39.4 Å². The summed E-state index contributed by atoms with van der Waals surface area (Å²) in [7, 11) is 0. The largest absolute Gasteiger partial charge is 0.390 e. The number of rotatable bonds is 4. The summed E-state index contributed by atoms with van der Waals surface area (Å²) in [5, 5.41) is 18.5. The Labute approximate surface area is 166 Å². The third-order valence-electron chi connectivity index (χ3n) is 5.53. The minimum atomic E-state index is -0.171. The van der Waals surface area contributed by atoms with Gasteiger partial charge >= 0.3 is 0 Å². The van der Waals surface area contributed by atoms with Gasteiger partial charge in [0.25, 0.3) is 5.56 Å². The van der Waals surface area contributed by atoms with Crippen molar-refractivity contribution in [2.45, 2.75) is 33.0 Å². The average Bonchev–Trinajstić information content (AvgIpc) is 3.28. The van der Waals surface area contributed by atoms with Gasteiger partial charge in [-0.2, -0.15) is 5.10 Å². The van der Waals surface area contributed by atoms with E-state index in [9.17, 15) is 9.90 Å². The van der Waals surface area contributed by atoms with Crippen LogP contribution in [0.2, 0.25) is 0 Å². The molecule has 7 heteroatoms. The quantitative estimate of drug-likeness (QED) is 0.558. The smallest absolute Gasteiger partial charge is 0.262 e. The normalized spacial score (nSPS) is 15.5. The first-order valence-electron chi connectivity index (χ1n) is 9.56. The highest BCUT2D eigenvalue weighted by Gasteiger charge is 2.24. The van der Waals surface area contributed by atoms with Crippen LogP contribution in [0.3, 0.4) is 0 Å². The van der Waals surface area contributed by atoms with Crippen molar-refractivity contribution < 1.29 is 5.11 Å². The predicted octanol–water partition coefficient (Wildman–Crippen LogP) is 3.11. The van der Waals surface area contributed by atoms with Crippen LogP contribution in [0.4, 0.5) is 0 Å². The Kier molecular flexibility index (Phi) is 4.12. The SMILES string of the molecule is CCn1c(=O)c2c(C)[nH]nc2c2cc(-c3ccc(CN4CC(O)C4)s3)ccc21. The number of aliphatic hydroxyl groups is 1. The van der Waals surface area contributed by atoms with Crippen LogP contribution in [0, 0.1) is 6.92 Å². The van der Waals surface area contributed by atoms with Gasteiger partial charge in [-0.25, -0.2) is 0 Å². The van der Waals surface area contributed by atoms with E-state index in [-0.39, 0.29) is 11.7 Å². The highest BCUT2D eigenvalue weighted by molar-refractivity contribution is 7.15. The van der Waals surface area contributed by atoms with E-state index in [0.29, 0.717) is 11.9 Å². The number of nitrogens with one attached hydrogen (secondary N) is 1. The molecule has 0 saturated carbocycles.